The monoisotopic (exact) mass is 562 g/mol. The fraction of sp³-hybridized carbons (Fsp3) is 0.444. The molecule has 2 N–H and O–H groups in total. The van der Waals surface area contributed by atoms with Crippen molar-refractivity contribution in [1.29, 1.82) is 0 Å². The lowest BCUT2D eigenvalue weighted by Crippen LogP contribution is -2.37. The van der Waals surface area contributed by atoms with Crippen molar-refractivity contribution in [2.24, 2.45) is 4.99 Å². The highest BCUT2D eigenvalue weighted by molar-refractivity contribution is 14.0. The van der Waals surface area contributed by atoms with E-state index >= 15 is 0 Å². The molecule has 0 unspecified atom stereocenters. The highest BCUT2D eigenvalue weighted by Gasteiger charge is 2.15. The maximum atomic E-state index is 12.6. The van der Waals surface area contributed by atoms with Gasteiger partial charge in [-0.05, 0) is 38.8 Å². The van der Waals surface area contributed by atoms with E-state index in [-0.39, 0.29) is 41.3 Å². The summed E-state index contributed by atoms with van der Waals surface area (Å²) in [6.45, 7) is 1.62. The largest absolute Gasteiger partial charge is 0.433 e. The van der Waals surface area contributed by atoms with Crippen molar-refractivity contribution in [2.75, 3.05) is 13.6 Å². The van der Waals surface area contributed by atoms with E-state index in [1.807, 2.05) is 13.8 Å². The molecule has 0 spiro atoms. The van der Waals surface area contributed by atoms with Crippen LogP contribution in [0.25, 0.3) is 0 Å². The number of nitrogens with one attached hydrogen (secondary N) is 2. The first kappa shape index (κ1) is 25.7. The van der Waals surface area contributed by atoms with Gasteiger partial charge in [0, 0.05) is 36.3 Å². The van der Waals surface area contributed by atoms with Gasteiger partial charge < -0.3 is 19.9 Å². The van der Waals surface area contributed by atoms with E-state index in [0.29, 0.717) is 23.1 Å². The van der Waals surface area contributed by atoms with Gasteiger partial charge in [-0.25, -0.2) is 0 Å². The number of aryl methyl sites for hydroxylation is 2. The Kier molecular flexibility index (Phi) is 11.0. The normalized spacial score (nSPS) is 11.4. The molecule has 2 aromatic rings. The van der Waals surface area contributed by atoms with E-state index in [1.54, 1.807) is 7.05 Å². The Morgan fingerprint density at radius 1 is 1.28 bits per heavy atom. The van der Waals surface area contributed by atoms with Crippen molar-refractivity contribution in [3.05, 3.63) is 44.8 Å². The van der Waals surface area contributed by atoms with Crippen LogP contribution in [-0.4, -0.2) is 31.3 Å². The molecule has 162 valence electrons. The molecule has 6 nitrogen and oxygen atoms in total. The zero-order valence-electron chi connectivity index (χ0n) is 16.2. The van der Waals surface area contributed by atoms with Crippen molar-refractivity contribution in [1.82, 2.24) is 15.8 Å². The second-order valence-electron chi connectivity index (χ2n) is 6.01. The lowest BCUT2D eigenvalue weighted by molar-refractivity contribution is -0.0504. The van der Waals surface area contributed by atoms with Gasteiger partial charge in [0.15, 0.2) is 5.96 Å². The summed E-state index contributed by atoms with van der Waals surface area (Å²) in [6, 6.07) is 2.87. The van der Waals surface area contributed by atoms with Crippen LogP contribution in [0.1, 0.15) is 29.0 Å². The lowest BCUT2D eigenvalue weighted by Gasteiger charge is -2.16. The van der Waals surface area contributed by atoms with Gasteiger partial charge in [-0.1, -0.05) is 28.4 Å². The molecule has 0 aliphatic carbocycles. The van der Waals surface area contributed by atoms with Crippen molar-refractivity contribution in [3.63, 3.8) is 0 Å². The minimum atomic E-state index is -2.99. The average Bonchev–Trinajstić information content (AvgIpc) is 2.95. The number of guanidine groups is 1. The Labute approximate surface area is 195 Å². The molecule has 1 heterocycles. The molecule has 0 aliphatic heterocycles. The topological polar surface area (TPSA) is 71.7 Å². The third-order valence-corrected chi connectivity index (χ3v) is 4.54. The molecule has 0 saturated heterocycles. The van der Waals surface area contributed by atoms with E-state index in [1.165, 1.54) is 12.1 Å². The molecule has 1 aromatic heterocycles. The first-order valence-electron chi connectivity index (χ1n) is 8.60. The number of aliphatic imine (C=N–C) groups is 1. The number of nitrogens with zero attached hydrogens (tertiary/aromatic N) is 2. The lowest BCUT2D eigenvalue weighted by atomic mass is 10.1. The number of ether oxygens (including phenoxy) is 1. The maximum Gasteiger partial charge on any atom is 0.387 e. The molecule has 29 heavy (non-hydrogen) atoms. The van der Waals surface area contributed by atoms with Crippen LogP contribution < -0.4 is 15.4 Å². The Bertz CT molecular complexity index is 815. The molecule has 0 aliphatic rings. The number of alkyl halides is 2. The molecule has 2 rings (SSSR count). The summed E-state index contributed by atoms with van der Waals surface area (Å²) in [4.78, 5) is 4.12. The Hall–Kier alpha value is -1.33. The summed E-state index contributed by atoms with van der Waals surface area (Å²) in [5.74, 6) is 1.23. The molecule has 0 amide bonds. The number of rotatable bonds is 8. The Morgan fingerprint density at radius 2 is 2.00 bits per heavy atom. The Balaban J connectivity index is 0.00000420. The quantitative estimate of drug-likeness (QED) is 0.202. The van der Waals surface area contributed by atoms with Crippen molar-refractivity contribution in [2.45, 2.75) is 39.8 Å². The summed E-state index contributed by atoms with van der Waals surface area (Å²) in [7, 11) is 1.62. The van der Waals surface area contributed by atoms with E-state index in [2.05, 4.69) is 25.5 Å². The zero-order valence-corrected chi connectivity index (χ0v) is 20.0. The van der Waals surface area contributed by atoms with Gasteiger partial charge >= 0.3 is 6.61 Å². The highest BCUT2D eigenvalue weighted by atomic mass is 127. The molecule has 0 saturated carbocycles. The van der Waals surface area contributed by atoms with Gasteiger partial charge in [-0.3, -0.25) is 4.99 Å². The molecule has 0 fully saturated rings. The molecule has 0 bridgehead atoms. The van der Waals surface area contributed by atoms with Crippen molar-refractivity contribution in [3.8, 4) is 5.75 Å². The minimum absolute atomic E-state index is 0. The van der Waals surface area contributed by atoms with Gasteiger partial charge in [0.2, 0.25) is 0 Å². The van der Waals surface area contributed by atoms with Crippen LogP contribution >= 0.6 is 47.2 Å². The van der Waals surface area contributed by atoms with E-state index in [0.717, 1.165) is 29.9 Å². The summed E-state index contributed by atoms with van der Waals surface area (Å²) in [5, 5.41) is 10.5. The number of benzene rings is 1. The third-order valence-electron chi connectivity index (χ3n) is 4.04. The van der Waals surface area contributed by atoms with Crippen LogP contribution in [0.4, 0.5) is 8.78 Å². The zero-order chi connectivity index (χ0) is 20.7. The molecular weight excluding hydrogens is 540 g/mol. The standard InChI is InChI=1S/C18H22Cl2F2N4O2.HI/c1-10-14(11(2)28-26-10)5-4-6-24-18(23-3)25-9-12-7-13(19)8-15(20)16(12)27-17(21)22;/h7-8,17H,4-6,9H2,1-3H3,(H2,23,24,25);1H. The van der Waals surface area contributed by atoms with Crippen LogP contribution in [-0.2, 0) is 13.0 Å². The average molecular weight is 563 g/mol. The predicted octanol–water partition coefficient (Wildman–Crippen LogP) is 5.12. The molecular formula is C18H23Cl2F2IN4O2. The van der Waals surface area contributed by atoms with Crippen LogP contribution in [0.2, 0.25) is 10.0 Å². The van der Waals surface area contributed by atoms with Crippen LogP contribution in [0, 0.1) is 13.8 Å². The molecule has 1 aromatic carbocycles. The minimum Gasteiger partial charge on any atom is -0.433 e. The first-order chi connectivity index (χ1) is 13.3. The SMILES string of the molecule is CN=C(NCCCc1c(C)noc1C)NCc1cc(Cl)cc(Cl)c1OC(F)F.I. The first-order valence-corrected chi connectivity index (χ1v) is 9.36. The highest BCUT2D eigenvalue weighted by Crippen LogP contribution is 2.33. The second kappa shape index (κ2) is 12.4. The van der Waals surface area contributed by atoms with Crippen LogP contribution in [0.15, 0.2) is 21.6 Å². The maximum absolute atomic E-state index is 12.6. The van der Waals surface area contributed by atoms with E-state index in [9.17, 15) is 8.78 Å². The third kappa shape index (κ3) is 7.78. The number of aromatic nitrogens is 1. The molecule has 0 atom stereocenters. The van der Waals surface area contributed by atoms with Crippen molar-refractivity contribution >= 4 is 53.1 Å². The fourth-order valence-electron chi connectivity index (χ4n) is 2.70. The summed E-state index contributed by atoms with van der Waals surface area (Å²) in [5.41, 5.74) is 2.40. The summed E-state index contributed by atoms with van der Waals surface area (Å²) in [6.07, 6.45) is 1.66. The van der Waals surface area contributed by atoms with Crippen LogP contribution in [0.5, 0.6) is 5.75 Å². The number of halogens is 5. The van der Waals surface area contributed by atoms with Crippen LogP contribution in [0.3, 0.4) is 0 Å². The van der Waals surface area contributed by atoms with Gasteiger partial charge in [0.1, 0.15) is 11.5 Å². The second-order valence-corrected chi connectivity index (χ2v) is 6.86. The van der Waals surface area contributed by atoms with E-state index in [4.69, 9.17) is 27.7 Å². The van der Waals surface area contributed by atoms with Crippen molar-refractivity contribution < 1.29 is 18.0 Å². The molecule has 11 heteroatoms. The smallest absolute Gasteiger partial charge is 0.387 e. The number of hydrogen-bond acceptors (Lipinski definition) is 4. The summed E-state index contributed by atoms with van der Waals surface area (Å²) >= 11 is 11.9. The molecule has 0 radical (unpaired) electrons. The Morgan fingerprint density at radius 3 is 2.59 bits per heavy atom. The predicted molar refractivity (Wildman–Crippen MR) is 121 cm³/mol. The summed E-state index contributed by atoms with van der Waals surface area (Å²) < 4.78 is 35.0. The van der Waals surface area contributed by atoms with Gasteiger partial charge in [-0.2, -0.15) is 8.78 Å². The number of hydrogen-bond donors (Lipinski definition) is 2. The van der Waals surface area contributed by atoms with E-state index < -0.39 is 6.61 Å². The fourth-order valence-corrected chi connectivity index (χ4v) is 3.28. The van der Waals surface area contributed by atoms with Gasteiger partial charge in [0.05, 0.1) is 10.7 Å². The van der Waals surface area contributed by atoms with Gasteiger partial charge in [0.25, 0.3) is 0 Å². The van der Waals surface area contributed by atoms with Gasteiger partial charge in [-0.15, -0.1) is 24.0 Å².